The molecule has 0 spiro atoms. The Morgan fingerprint density at radius 3 is 2.24 bits per heavy atom. The average molecular weight is 248 g/mol. The molecule has 1 aromatic carbocycles. The Kier molecular flexibility index (Phi) is 5.16. The highest BCUT2D eigenvalue weighted by Gasteiger charge is 2.33. The van der Waals surface area contributed by atoms with Gasteiger partial charge in [-0.1, -0.05) is 74.6 Å². The normalized spacial score (nSPS) is 14.5. The molecule has 0 aliphatic heterocycles. The van der Waals surface area contributed by atoms with Gasteiger partial charge in [0.25, 0.3) is 0 Å². The maximum Gasteiger partial charge on any atom is 0.0876 e. The van der Waals surface area contributed by atoms with Gasteiger partial charge in [-0.25, -0.2) is 0 Å². The molecule has 1 rings (SSSR count). The van der Waals surface area contributed by atoms with Crippen molar-refractivity contribution in [2.45, 2.75) is 32.5 Å². The minimum atomic E-state index is -1.51. The molecule has 0 saturated carbocycles. The molecule has 1 N–H and O–H groups in total. The van der Waals surface area contributed by atoms with Crippen LogP contribution in [0.4, 0.5) is 0 Å². The molecule has 0 saturated heterocycles. The van der Waals surface area contributed by atoms with Crippen LogP contribution in [0.2, 0.25) is 18.6 Å². The topological polar surface area (TPSA) is 20.2 Å². The molecule has 94 valence electrons. The Morgan fingerprint density at radius 2 is 1.76 bits per heavy atom. The largest absolute Gasteiger partial charge is 0.392 e. The molecule has 0 radical (unpaired) electrons. The van der Waals surface area contributed by atoms with Crippen LogP contribution in [0.1, 0.15) is 13.8 Å². The molecule has 0 amide bonds. The zero-order valence-corrected chi connectivity index (χ0v) is 12.4. The number of allylic oxidation sites excluding steroid dienone is 1. The van der Waals surface area contributed by atoms with Gasteiger partial charge in [0.2, 0.25) is 0 Å². The first-order valence-corrected chi connectivity index (χ1v) is 9.41. The molecule has 1 nitrogen and oxygen atoms in total. The molecule has 0 aliphatic rings. The van der Waals surface area contributed by atoms with Crippen LogP contribution in [0.15, 0.2) is 42.5 Å². The van der Waals surface area contributed by atoms with E-state index in [0.717, 1.165) is 0 Å². The summed E-state index contributed by atoms with van der Waals surface area (Å²) < 4.78 is 0. The predicted octanol–water partition coefficient (Wildman–Crippen LogP) is 3.18. The van der Waals surface area contributed by atoms with Crippen LogP contribution in [-0.2, 0) is 0 Å². The maximum absolute atomic E-state index is 8.96. The van der Waals surface area contributed by atoms with Crippen molar-refractivity contribution >= 4 is 13.3 Å². The van der Waals surface area contributed by atoms with Crippen molar-refractivity contribution in [3.8, 4) is 0 Å². The van der Waals surface area contributed by atoms with Crippen LogP contribution in [0.25, 0.3) is 0 Å². The molecule has 0 bridgehead atoms. The van der Waals surface area contributed by atoms with E-state index in [-0.39, 0.29) is 6.61 Å². The van der Waals surface area contributed by atoms with E-state index in [4.69, 9.17) is 5.11 Å². The standard InChI is InChI=1S/C15H24OSi/c1-13(2)15(11-8-12-16)17(3,4)14-9-6-5-7-10-14/h5-11,13,15-16H,12H2,1-4H3/b11-8+. The van der Waals surface area contributed by atoms with Gasteiger partial charge >= 0.3 is 0 Å². The molecule has 1 atom stereocenters. The molecule has 0 fully saturated rings. The van der Waals surface area contributed by atoms with Crippen LogP contribution in [-0.4, -0.2) is 19.8 Å². The lowest BCUT2D eigenvalue weighted by molar-refractivity contribution is 0.342. The molecule has 0 aliphatic carbocycles. The summed E-state index contributed by atoms with van der Waals surface area (Å²) in [4.78, 5) is 0. The monoisotopic (exact) mass is 248 g/mol. The zero-order valence-electron chi connectivity index (χ0n) is 11.4. The average Bonchev–Trinajstić information content (AvgIpc) is 2.30. The Labute approximate surface area is 106 Å². The van der Waals surface area contributed by atoms with Gasteiger partial charge in [-0.2, -0.15) is 0 Å². The predicted molar refractivity (Wildman–Crippen MR) is 78.4 cm³/mol. The van der Waals surface area contributed by atoms with E-state index in [1.165, 1.54) is 5.19 Å². The van der Waals surface area contributed by atoms with Crippen molar-refractivity contribution < 1.29 is 5.11 Å². The van der Waals surface area contributed by atoms with Crippen LogP contribution >= 0.6 is 0 Å². The van der Waals surface area contributed by atoms with Crippen molar-refractivity contribution in [3.05, 3.63) is 42.5 Å². The van der Waals surface area contributed by atoms with Gasteiger partial charge in [0, 0.05) is 0 Å². The van der Waals surface area contributed by atoms with E-state index in [1.807, 2.05) is 6.08 Å². The fourth-order valence-corrected chi connectivity index (χ4v) is 6.28. The van der Waals surface area contributed by atoms with Gasteiger partial charge in [-0.3, -0.25) is 0 Å². The second kappa shape index (κ2) is 6.17. The minimum absolute atomic E-state index is 0.141. The number of hydrogen-bond acceptors (Lipinski definition) is 1. The number of benzene rings is 1. The molecule has 1 unspecified atom stereocenters. The quantitative estimate of drug-likeness (QED) is 0.627. The minimum Gasteiger partial charge on any atom is -0.392 e. The van der Waals surface area contributed by atoms with Crippen molar-refractivity contribution in [2.75, 3.05) is 6.61 Å². The van der Waals surface area contributed by atoms with E-state index in [0.29, 0.717) is 11.5 Å². The SMILES string of the molecule is CC(C)C(/C=C/CO)[Si](C)(C)c1ccccc1. The summed E-state index contributed by atoms with van der Waals surface area (Å²) in [6, 6.07) is 10.8. The summed E-state index contributed by atoms with van der Waals surface area (Å²) in [5, 5.41) is 10.4. The summed E-state index contributed by atoms with van der Waals surface area (Å²) in [5.41, 5.74) is 0.567. The summed E-state index contributed by atoms with van der Waals surface area (Å²) in [6.07, 6.45) is 4.10. The third-order valence-electron chi connectivity index (χ3n) is 3.52. The first-order valence-electron chi connectivity index (χ1n) is 6.33. The van der Waals surface area contributed by atoms with Crippen LogP contribution in [0.3, 0.4) is 0 Å². The third-order valence-corrected chi connectivity index (χ3v) is 7.87. The highest BCUT2D eigenvalue weighted by molar-refractivity contribution is 6.91. The Hall–Kier alpha value is -0.863. The van der Waals surface area contributed by atoms with Crippen molar-refractivity contribution in [1.82, 2.24) is 0 Å². The number of hydrogen-bond donors (Lipinski definition) is 1. The summed E-state index contributed by atoms with van der Waals surface area (Å²) in [5.74, 6) is 0.611. The van der Waals surface area contributed by atoms with Gasteiger partial charge in [-0.15, -0.1) is 0 Å². The Bertz CT molecular complexity index is 354. The summed E-state index contributed by atoms with van der Waals surface area (Å²) in [6.45, 7) is 9.50. The highest BCUT2D eigenvalue weighted by atomic mass is 28.3. The number of aliphatic hydroxyl groups is 1. The molecular formula is C15H24OSi. The number of rotatable bonds is 5. The van der Waals surface area contributed by atoms with E-state index in [2.05, 4.69) is 63.3 Å². The highest BCUT2D eigenvalue weighted by Crippen LogP contribution is 2.31. The maximum atomic E-state index is 8.96. The fraction of sp³-hybridized carbons (Fsp3) is 0.467. The molecule has 17 heavy (non-hydrogen) atoms. The van der Waals surface area contributed by atoms with Crippen LogP contribution in [0, 0.1) is 5.92 Å². The lowest BCUT2D eigenvalue weighted by Gasteiger charge is -2.34. The first-order chi connectivity index (χ1) is 8.00. The molecule has 0 heterocycles. The first kappa shape index (κ1) is 14.2. The van der Waals surface area contributed by atoms with E-state index < -0.39 is 8.07 Å². The molecule has 0 aromatic heterocycles. The fourth-order valence-electron chi connectivity index (χ4n) is 2.56. The van der Waals surface area contributed by atoms with E-state index in [9.17, 15) is 0 Å². The lowest BCUT2D eigenvalue weighted by Crippen LogP contribution is -2.47. The van der Waals surface area contributed by atoms with Crippen LogP contribution in [0.5, 0.6) is 0 Å². The van der Waals surface area contributed by atoms with Crippen molar-refractivity contribution in [1.29, 1.82) is 0 Å². The summed E-state index contributed by atoms with van der Waals surface area (Å²) >= 11 is 0. The van der Waals surface area contributed by atoms with Gasteiger partial charge in [0.1, 0.15) is 0 Å². The van der Waals surface area contributed by atoms with Crippen molar-refractivity contribution in [2.24, 2.45) is 5.92 Å². The number of aliphatic hydroxyl groups excluding tert-OH is 1. The van der Waals surface area contributed by atoms with E-state index >= 15 is 0 Å². The Balaban J connectivity index is 3.04. The Morgan fingerprint density at radius 1 is 1.18 bits per heavy atom. The smallest absolute Gasteiger partial charge is 0.0876 e. The van der Waals surface area contributed by atoms with Gasteiger partial charge < -0.3 is 5.11 Å². The van der Waals surface area contributed by atoms with Crippen LogP contribution < -0.4 is 5.19 Å². The second-order valence-electron chi connectivity index (χ2n) is 5.47. The van der Waals surface area contributed by atoms with Crippen molar-refractivity contribution in [3.63, 3.8) is 0 Å². The second-order valence-corrected chi connectivity index (χ2v) is 10.2. The molecule has 1 aromatic rings. The van der Waals surface area contributed by atoms with E-state index in [1.54, 1.807) is 0 Å². The van der Waals surface area contributed by atoms with Gasteiger partial charge in [0.05, 0.1) is 14.7 Å². The lowest BCUT2D eigenvalue weighted by atomic mass is 10.1. The van der Waals surface area contributed by atoms with Gasteiger partial charge in [0.15, 0.2) is 0 Å². The molecule has 2 heteroatoms. The third kappa shape index (κ3) is 3.55. The van der Waals surface area contributed by atoms with Gasteiger partial charge in [-0.05, 0) is 11.5 Å². The summed E-state index contributed by atoms with van der Waals surface area (Å²) in [7, 11) is -1.51. The zero-order chi connectivity index (χ0) is 12.9. The molecular weight excluding hydrogens is 224 g/mol.